The van der Waals surface area contributed by atoms with Crippen LogP contribution in [0.25, 0.3) is 11.1 Å². The van der Waals surface area contributed by atoms with Gasteiger partial charge in [-0.1, -0.05) is 42.5 Å². The summed E-state index contributed by atoms with van der Waals surface area (Å²) in [6, 6.07) is 17.3. The Hall–Kier alpha value is -2.86. The van der Waals surface area contributed by atoms with Crippen molar-refractivity contribution in [2.24, 2.45) is 0 Å². The van der Waals surface area contributed by atoms with Gasteiger partial charge in [0.25, 0.3) is 5.91 Å². The van der Waals surface area contributed by atoms with Gasteiger partial charge in [0.15, 0.2) is 11.6 Å². The van der Waals surface area contributed by atoms with E-state index in [-0.39, 0.29) is 13.0 Å². The van der Waals surface area contributed by atoms with Crippen molar-refractivity contribution in [3.05, 3.63) is 54.6 Å². The average molecular weight is 355 g/mol. The van der Waals surface area contributed by atoms with Crippen molar-refractivity contribution in [2.75, 3.05) is 13.2 Å². The Balaban J connectivity index is 1.63. The fourth-order valence-corrected chi connectivity index (χ4v) is 2.84. The molecule has 1 aliphatic rings. The average Bonchev–Trinajstić information content (AvgIpc) is 3.13. The highest BCUT2D eigenvalue weighted by Crippen LogP contribution is 2.23. The Bertz CT molecular complexity index is 767. The van der Waals surface area contributed by atoms with Crippen LogP contribution < -0.4 is 10.1 Å². The lowest BCUT2D eigenvalue weighted by Gasteiger charge is -2.25. The van der Waals surface area contributed by atoms with E-state index in [9.17, 15) is 14.7 Å². The molecule has 3 rings (SSSR count). The number of carboxylic acids is 1. The zero-order valence-electron chi connectivity index (χ0n) is 14.5. The van der Waals surface area contributed by atoms with Crippen molar-refractivity contribution in [3.63, 3.8) is 0 Å². The second-order valence-electron chi connectivity index (χ2n) is 6.33. The van der Waals surface area contributed by atoms with Crippen LogP contribution in [0, 0.1) is 0 Å². The van der Waals surface area contributed by atoms with Gasteiger partial charge in [-0.15, -0.1) is 0 Å². The smallest absolute Gasteiger partial charge is 0.331 e. The first kappa shape index (κ1) is 17.9. The van der Waals surface area contributed by atoms with Gasteiger partial charge in [0.2, 0.25) is 0 Å². The monoisotopic (exact) mass is 355 g/mol. The Labute approximate surface area is 151 Å². The molecule has 2 N–H and O–H groups in total. The van der Waals surface area contributed by atoms with Crippen molar-refractivity contribution in [3.8, 4) is 16.9 Å². The SMILES string of the molecule is CC(Oc1ccc(-c2ccccc2)cc1)C(=O)NC1(C(=O)O)CCOC1. The number of nitrogens with one attached hydrogen (secondary N) is 1. The predicted molar refractivity (Wildman–Crippen MR) is 95.9 cm³/mol. The number of hydrogen-bond acceptors (Lipinski definition) is 4. The number of benzene rings is 2. The van der Waals surface area contributed by atoms with E-state index >= 15 is 0 Å². The van der Waals surface area contributed by atoms with E-state index in [0.29, 0.717) is 12.4 Å². The van der Waals surface area contributed by atoms with E-state index in [1.165, 1.54) is 0 Å². The van der Waals surface area contributed by atoms with Crippen molar-refractivity contribution in [1.29, 1.82) is 0 Å². The number of hydrogen-bond donors (Lipinski definition) is 2. The summed E-state index contributed by atoms with van der Waals surface area (Å²) in [4.78, 5) is 23.8. The molecule has 2 aromatic carbocycles. The van der Waals surface area contributed by atoms with E-state index in [1.807, 2.05) is 42.5 Å². The molecular weight excluding hydrogens is 334 g/mol. The third-order valence-corrected chi connectivity index (χ3v) is 4.44. The Morgan fingerprint density at radius 2 is 1.77 bits per heavy atom. The Kier molecular flexibility index (Phi) is 5.23. The van der Waals surface area contributed by atoms with Gasteiger partial charge in [-0.25, -0.2) is 4.79 Å². The second-order valence-corrected chi connectivity index (χ2v) is 6.33. The standard InChI is InChI=1S/C20H21NO5/c1-14(18(22)21-20(19(23)24)11-12-25-13-20)26-17-9-7-16(8-10-17)15-5-3-2-4-6-15/h2-10,14H,11-13H2,1H3,(H,21,22)(H,23,24). The summed E-state index contributed by atoms with van der Waals surface area (Å²) >= 11 is 0. The minimum atomic E-state index is -1.37. The Morgan fingerprint density at radius 1 is 1.12 bits per heavy atom. The molecule has 0 saturated carbocycles. The first-order valence-corrected chi connectivity index (χ1v) is 8.45. The summed E-state index contributed by atoms with van der Waals surface area (Å²) < 4.78 is 10.8. The van der Waals surface area contributed by atoms with Crippen molar-refractivity contribution in [1.82, 2.24) is 5.32 Å². The molecule has 6 nitrogen and oxygen atoms in total. The molecule has 0 spiro atoms. The van der Waals surface area contributed by atoms with Crippen molar-refractivity contribution < 1.29 is 24.2 Å². The van der Waals surface area contributed by atoms with Crippen molar-refractivity contribution in [2.45, 2.75) is 25.0 Å². The van der Waals surface area contributed by atoms with Crippen LogP contribution in [-0.2, 0) is 14.3 Å². The first-order chi connectivity index (χ1) is 12.5. The van der Waals surface area contributed by atoms with E-state index in [0.717, 1.165) is 11.1 Å². The van der Waals surface area contributed by atoms with Crippen LogP contribution >= 0.6 is 0 Å². The molecule has 0 radical (unpaired) electrons. The van der Waals surface area contributed by atoms with E-state index in [1.54, 1.807) is 19.1 Å². The maximum atomic E-state index is 12.3. The molecule has 1 amide bonds. The van der Waals surface area contributed by atoms with E-state index in [4.69, 9.17) is 9.47 Å². The molecule has 26 heavy (non-hydrogen) atoms. The van der Waals surface area contributed by atoms with Gasteiger partial charge in [0, 0.05) is 13.0 Å². The number of amides is 1. The molecule has 2 atom stereocenters. The summed E-state index contributed by atoms with van der Waals surface area (Å²) in [5.41, 5.74) is 0.767. The molecule has 2 aromatic rings. The molecule has 136 valence electrons. The number of carboxylic acid groups (broad SMARTS) is 1. The number of carbonyl (C=O) groups is 2. The van der Waals surface area contributed by atoms with Crippen LogP contribution in [0.3, 0.4) is 0 Å². The van der Waals surface area contributed by atoms with Crippen LogP contribution in [0.1, 0.15) is 13.3 Å². The maximum absolute atomic E-state index is 12.3. The van der Waals surface area contributed by atoms with Gasteiger partial charge in [-0.05, 0) is 30.2 Å². The molecule has 6 heteroatoms. The predicted octanol–water partition coefficient (Wildman–Crippen LogP) is 2.48. The quantitative estimate of drug-likeness (QED) is 0.832. The van der Waals surface area contributed by atoms with Gasteiger partial charge < -0.3 is 19.9 Å². The fourth-order valence-electron chi connectivity index (χ4n) is 2.84. The summed E-state index contributed by atoms with van der Waals surface area (Å²) in [6.45, 7) is 1.86. The largest absolute Gasteiger partial charge is 0.481 e. The summed E-state index contributed by atoms with van der Waals surface area (Å²) in [7, 11) is 0. The summed E-state index contributed by atoms with van der Waals surface area (Å²) in [6.07, 6.45) is -0.582. The van der Waals surface area contributed by atoms with Gasteiger partial charge >= 0.3 is 5.97 Å². The van der Waals surface area contributed by atoms with Crippen LogP contribution in [0.15, 0.2) is 54.6 Å². The molecule has 1 heterocycles. The molecule has 1 saturated heterocycles. The molecular formula is C20H21NO5. The van der Waals surface area contributed by atoms with Crippen molar-refractivity contribution >= 4 is 11.9 Å². The number of ether oxygens (including phenoxy) is 2. The third kappa shape index (κ3) is 3.86. The van der Waals surface area contributed by atoms with E-state index in [2.05, 4.69) is 5.32 Å². The second kappa shape index (κ2) is 7.58. The molecule has 1 fully saturated rings. The number of aliphatic carboxylic acids is 1. The lowest BCUT2D eigenvalue weighted by molar-refractivity contribution is -0.148. The molecule has 1 aliphatic heterocycles. The lowest BCUT2D eigenvalue weighted by atomic mass is 9.98. The van der Waals surface area contributed by atoms with Crippen LogP contribution in [-0.4, -0.2) is 41.8 Å². The van der Waals surface area contributed by atoms with Gasteiger partial charge in [-0.3, -0.25) is 4.79 Å². The molecule has 2 unspecified atom stereocenters. The minimum absolute atomic E-state index is 0.0352. The van der Waals surface area contributed by atoms with Crippen LogP contribution in [0.5, 0.6) is 5.75 Å². The number of carbonyl (C=O) groups excluding carboxylic acids is 1. The summed E-state index contributed by atoms with van der Waals surface area (Å²) in [5.74, 6) is -1.04. The third-order valence-electron chi connectivity index (χ3n) is 4.44. The summed E-state index contributed by atoms with van der Waals surface area (Å²) in [5, 5.41) is 11.9. The Morgan fingerprint density at radius 3 is 2.35 bits per heavy atom. The van der Waals surface area contributed by atoms with Crippen LogP contribution in [0.2, 0.25) is 0 Å². The molecule has 0 aromatic heterocycles. The van der Waals surface area contributed by atoms with Gasteiger partial charge in [0.05, 0.1) is 6.61 Å². The fraction of sp³-hybridized carbons (Fsp3) is 0.300. The van der Waals surface area contributed by atoms with Crippen LogP contribution in [0.4, 0.5) is 0 Å². The maximum Gasteiger partial charge on any atom is 0.331 e. The lowest BCUT2D eigenvalue weighted by Crippen LogP contribution is -2.57. The van der Waals surface area contributed by atoms with E-state index < -0.39 is 23.5 Å². The molecule has 0 aliphatic carbocycles. The highest BCUT2D eigenvalue weighted by Gasteiger charge is 2.44. The highest BCUT2D eigenvalue weighted by atomic mass is 16.5. The van der Waals surface area contributed by atoms with Gasteiger partial charge in [0.1, 0.15) is 5.75 Å². The highest BCUT2D eigenvalue weighted by molar-refractivity contribution is 5.89. The zero-order valence-corrected chi connectivity index (χ0v) is 14.5. The topological polar surface area (TPSA) is 84.9 Å². The normalized spacial score (nSPS) is 20.3. The minimum Gasteiger partial charge on any atom is -0.481 e. The van der Waals surface area contributed by atoms with Gasteiger partial charge in [-0.2, -0.15) is 0 Å². The zero-order chi connectivity index (χ0) is 18.6. The molecule has 0 bridgehead atoms. The number of rotatable bonds is 6. The first-order valence-electron chi connectivity index (χ1n) is 8.45.